The van der Waals surface area contributed by atoms with Crippen LogP contribution in [0.5, 0.6) is 0 Å². The number of carbonyl (C=O) groups is 2. The van der Waals surface area contributed by atoms with Gasteiger partial charge in [-0.1, -0.05) is 38.5 Å². The molecule has 0 bridgehead atoms. The van der Waals surface area contributed by atoms with Crippen molar-refractivity contribution in [2.24, 2.45) is 11.8 Å². The van der Waals surface area contributed by atoms with Crippen LogP contribution in [0.3, 0.4) is 0 Å². The van der Waals surface area contributed by atoms with Crippen LogP contribution < -0.4 is 0 Å². The van der Waals surface area contributed by atoms with Gasteiger partial charge in [0.1, 0.15) is 11.7 Å². The van der Waals surface area contributed by atoms with Crippen molar-refractivity contribution in [3.05, 3.63) is 0 Å². The molecule has 1 unspecified atom stereocenters. The summed E-state index contributed by atoms with van der Waals surface area (Å²) in [5.74, 6) is -0.170. The Morgan fingerprint density at radius 2 is 1.88 bits per heavy atom. The van der Waals surface area contributed by atoms with Crippen molar-refractivity contribution in [2.45, 2.75) is 58.3 Å². The highest BCUT2D eigenvalue weighted by atomic mass is 16.5. The number of hydrogen-bond donors (Lipinski definition) is 0. The molecule has 98 valence electrons. The molecule has 0 aromatic heterocycles. The topological polar surface area (TPSA) is 43.4 Å². The zero-order valence-corrected chi connectivity index (χ0v) is 11.0. The lowest BCUT2D eigenvalue weighted by atomic mass is 9.85. The number of ketones is 1. The summed E-state index contributed by atoms with van der Waals surface area (Å²) < 4.78 is 4.57. The molecule has 1 rings (SSSR count). The number of esters is 1. The summed E-state index contributed by atoms with van der Waals surface area (Å²) in [5, 5.41) is 0. The van der Waals surface area contributed by atoms with Crippen LogP contribution in [0.1, 0.15) is 58.3 Å². The van der Waals surface area contributed by atoms with Gasteiger partial charge in [0.2, 0.25) is 0 Å². The van der Waals surface area contributed by atoms with E-state index in [-0.39, 0.29) is 5.78 Å². The van der Waals surface area contributed by atoms with E-state index < -0.39 is 11.9 Å². The normalized spacial score (nSPS) is 18.7. The molecule has 3 heteroatoms. The number of Topliss-reactive ketones (excluding diaryl/α,β-unsaturated/α-hetero) is 1. The van der Waals surface area contributed by atoms with Gasteiger partial charge in [-0.2, -0.15) is 0 Å². The first kappa shape index (κ1) is 14.2. The Hall–Kier alpha value is -0.860. The van der Waals surface area contributed by atoms with Crippen LogP contribution in [-0.2, 0) is 14.3 Å². The lowest BCUT2D eigenvalue weighted by molar-refractivity contribution is -0.148. The van der Waals surface area contributed by atoms with E-state index in [4.69, 9.17) is 0 Å². The van der Waals surface area contributed by atoms with Crippen molar-refractivity contribution < 1.29 is 14.3 Å². The van der Waals surface area contributed by atoms with Gasteiger partial charge in [0, 0.05) is 6.42 Å². The van der Waals surface area contributed by atoms with Gasteiger partial charge in [-0.25, -0.2) is 0 Å². The largest absolute Gasteiger partial charge is 0.468 e. The highest BCUT2D eigenvalue weighted by Gasteiger charge is 2.22. The summed E-state index contributed by atoms with van der Waals surface area (Å²) in [4.78, 5) is 22.9. The van der Waals surface area contributed by atoms with Gasteiger partial charge in [0.15, 0.2) is 0 Å². The molecule has 0 radical (unpaired) electrons. The smallest absolute Gasteiger partial charge is 0.315 e. The summed E-state index contributed by atoms with van der Waals surface area (Å²) in [5.41, 5.74) is 0. The zero-order valence-electron chi connectivity index (χ0n) is 11.0. The van der Waals surface area contributed by atoms with E-state index in [0.29, 0.717) is 6.42 Å². The van der Waals surface area contributed by atoms with E-state index in [1.807, 2.05) is 0 Å². The van der Waals surface area contributed by atoms with Gasteiger partial charge < -0.3 is 4.74 Å². The molecule has 0 amide bonds. The Morgan fingerprint density at radius 1 is 1.24 bits per heavy atom. The van der Waals surface area contributed by atoms with E-state index in [1.54, 1.807) is 6.92 Å². The highest BCUT2D eigenvalue weighted by molar-refractivity contribution is 5.98. The van der Waals surface area contributed by atoms with Crippen molar-refractivity contribution in [3.8, 4) is 0 Å². The van der Waals surface area contributed by atoms with Crippen LogP contribution >= 0.6 is 0 Å². The third-order valence-electron chi connectivity index (χ3n) is 3.80. The number of ether oxygens (including phenoxy) is 1. The molecule has 1 aliphatic rings. The van der Waals surface area contributed by atoms with E-state index in [9.17, 15) is 9.59 Å². The molecule has 0 aromatic rings. The molecule has 0 heterocycles. The Morgan fingerprint density at radius 3 is 2.47 bits per heavy atom. The summed E-state index contributed by atoms with van der Waals surface area (Å²) in [7, 11) is 1.33. The van der Waals surface area contributed by atoms with Crippen molar-refractivity contribution >= 4 is 11.8 Å². The number of carbonyl (C=O) groups excluding carboxylic acids is 2. The quantitative estimate of drug-likeness (QED) is 0.529. The second-order valence-electron chi connectivity index (χ2n) is 5.11. The molecule has 0 N–H and O–H groups in total. The monoisotopic (exact) mass is 240 g/mol. The summed E-state index contributed by atoms with van der Waals surface area (Å²) in [6.07, 6.45) is 9.28. The van der Waals surface area contributed by atoms with Crippen LogP contribution in [0.15, 0.2) is 0 Å². The highest BCUT2D eigenvalue weighted by Crippen LogP contribution is 2.27. The van der Waals surface area contributed by atoms with Crippen LogP contribution in [0.2, 0.25) is 0 Å². The third kappa shape index (κ3) is 4.88. The number of methoxy groups -OCH3 is 1. The Bertz CT molecular complexity index is 254. The number of hydrogen-bond acceptors (Lipinski definition) is 3. The van der Waals surface area contributed by atoms with Crippen LogP contribution in [0, 0.1) is 11.8 Å². The molecule has 0 saturated heterocycles. The van der Waals surface area contributed by atoms with E-state index >= 15 is 0 Å². The second-order valence-corrected chi connectivity index (χ2v) is 5.11. The molecule has 0 aliphatic heterocycles. The molecule has 17 heavy (non-hydrogen) atoms. The summed E-state index contributed by atoms with van der Waals surface area (Å²) >= 11 is 0. The molecule has 3 nitrogen and oxygen atoms in total. The molecule has 0 spiro atoms. The van der Waals surface area contributed by atoms with Crippen LogP contribution in [0.4, 0.5) is 0 Å². The van der Waals surface area contributed by atoms with E-state index in [2.05, 4.69) is 4.74 Å². The third-order valence-corrected chi connectivity index (χ3v) is 3.80. The van der Waals surface area contributed by atoms with Crippen molar-refractivity contribution in [1.82, 2.24) is 0 Å². The maximum Gasteiger partial charge on any atom is 0.315 e. The molecule has 1 saturated carbocycles. The minimum Gasteiger partial charge on any atom is -0.468 e. The lowest BCUT2D eigenvalue weighted by Crippen LogP contribution is -2.22. The van der Waals surface area contributed by atoms with Gasteiger partial charge in [-0.15, -0.1) is 0 Å². The molecule has 1 aliphatic carbocycles. The second kappa shape index (κ2) is 7.46. The van der Waals surface area contributed by atoms with Gasteiger partial charge in [0.25, 0.3) is 0 Å². The van der Waals surface area contributed by atoms with Gasteiger partial charge in [-0.05, 0) is 19.3 Å². The van der Waals surface area contributed by atoms with Crippen molar-refractivity contribution in [2.75, 3.05) is 7.11 Å². The predicted molar refractivity (Wildman–Crippen MR) is 66.6 cm³/mol. The minimum absolute atomic E-state index is 0.0210. The molecular formula is C14H24O3. The minimum atomic E-state index is -0.591. The SMILES string of the molecule is COC(=O)C(C)C(=O)CCCC1CCCCC1. The fourth-order valence-electron chi connectivity index (χ4n) is 2.57. The first-order valence-electron chi connectivity index (χ1n) is 6.75. The summed E-state index contributed by atoms with van der Waals surface area (Å²) in [6, 6.07) is 0. The first-order chi connectivity index (χ1) is 8.15. The number of rotatable bonds is 6. The van der Waals surface area contributed by atoms with Crippen LogP contribution in [0.25, 0.3) is 0 Å². The van der Waals surface area contributed by atoms with Gasteiger partial charge in [0.05, 0.1) is 7.11 Å². The zero-order chi connectivity index (χ0) is 12.7. The first-order valence-corrected chi connectivity index (χ1v) is 6.75. The maximum atomic E-state index is 11.7. The maximum absolute atomic E-state index is 11.7. The fraction of sp³-hybridized carbons (Fsp3) is 0.857. The average Bonchev–Trinajstić information content (AvgIpc) is 2.38. The van der Waals surface area contributed by atoms with E-state index in [0.717, 1.165) is 18.8 Å². The van der Waals surface area contributed by atoms with E-state index in [1.165, 1.54) is 39.2 Å². The summed E-state index contributed by atoms with van der Waals surface area (Å²) in [6.45, 7) is 1.63. The van der Waals surface area contributed by atoms with Gasteiger partial charge >= 0.3 is 5.97 Å². The van der Waals surface area contributed by atoms with Crippen molar-refractivity contribution in [1.29, 1.82) is 0 Å². The van der Waals surface area contributed by atoms with Gasteiger partial charge in [-0.3, -0.25) is 9.59 Å². The van der Waals surface area contributed by atoms with Crippen LogP contribution in [-0.4, -0.2) is 18.9 Å². The fourth-order valence-corrected chi connectivity index (χ4v) is 2.57. The molecule has 1 atom stereocenters. The predicted octanol–water partition coefficient (Wildman–Crippen LogP) is 3.12. The average molecular weight is 240 g/mol. The Balaban J connectivity index is 2.16. The molecule has 1 fully saturated rings. The lowest BCUT2D eigenvalue weighted by Gasteiger charge is -2.21. The molecular weight excluding hydrogens is 216 g/mol. The molecule has 0 aromatic carbocycles. The Labute approximate surface area is 104 Å². The Kier molecular flexibility index (Phi) is 6.23. The standard InChI is InChI=1S/C14H24O3/c1-11(14(16)17-2)13(15)10-6-9-12-7-4-3-5-8-12/h11-12H,3-10H2,1-2H3. The van der Waals surface area contributed by atoms with Crippen molar-refractivity contribution in [3.63, 3.8) is 0 Å².